The second kappa shape index (κ2) is 2.79. The van der Waals surface area contributed by atoms with Gasteiger partial charge in [-0.1, -0.05) is 0 Å². The summed E-state index contributed by atoms with van der Waals surface area (Å²) in [5.74, 6) is 0.810. The monoisotopic (exact) mass is 221 g/mol. The predicted molar refractivity (Wildman–Crippen MR) is 59.5 cm³/mol. The van der Waals surface area contributed by atoms with Crippen molar-refractivity contribution < 1.29 is 0 Å². The van der Waals surface area contributed by atoms with Crippen LogP contribution in [-0.4, -0.2) is 33.5 Å². The van der Waals surface area contributed by atoms with Gasteiger partial charge in [0, 0.05) is 19.3 Å². The van der Waals surface area contributed by atoms with Crippen molar-refractivity contribution in [2.24, 2.45) is 17.0 Å². The van der Waals surface area contributed by atoms with E-state index >= 15 is 0 Å². The Morgan fingerprint density at radius 1 is 1.47 bits per heavy atom. The topological polar surface area (TPSA) is 48.7 Å². The highest BCUT2D eigenvalue weighted by atomic mass is 32.1. The van der Waals surface area contributed by atoms with Crippen LogP contribution < -0.4 is 10.8 Å². The molecule has 0 fully saturated rings. The van der Waals surface area contributed by atoms with Gasteiger partial charge in [-0.15, -0.1) is 0 Å². The van der Waals surface area contributed by atoms with Gasteiger partial charge in [0.25, 0.3) is 0 Å². The number of aliphatic imine (C=N–C) groups is 1. The van der Waals surface area contributed by atoms with Crippen LogP contribution in [0.15, 0.2) is 9.98 Å². The average Bonchev–Trinajstić information content (AvgIpc) is 2.77. The number of aromatic amines is 1. The Kier molecular flexibility index (Phi) is 1.64. The largest absolute Gasteiger partial charge is 0.328 e. The first-order valence-corrected chi connectivity index (χ1v) is 5.26. The molecule has 78 valence electrons. The minimum Gasteiger partial charge on any atom is -0.328 e. The van der Waals surface area contributed by atoms with Crippen LogP contribution in [0, 0.1) is 4.77 Å². The molecule has 1 N–H and O–H groups in total. The van der Waals surface area contributed by atoms with Gasteiger partial charge in [0.2, 0.25) is 5.96 Å². The number of imidazole rings is 1. The number of nitrogens with one attached hydrogen (secondary N) is 1. The maximum Gasteiger partial charge on any atom is 0.227 e. The van der Waals surface area contributed by atoms with Crippen LogP contribution in [0.5, 0.6) is 0 Å². The van der Waals surface area contributed by atoms with Crippen LogP contribution in [-0.2, 0) is 7.05 Å². The van der Waals surface area contributed by atoms with Crippen molar-refractivity contribution >= 4 is 23.9 Å². The summed E-state index contributed by atoms with van der Waals surface area (Å²) >= 11 is 5.18. The summed E-state index contributed by atoms with van der Waals surface area (Å²) in [5.41, 5.74) is 2.04. The minimum absolute atomic E-state index is 0.699. The zero-order valence-electron chi connectivity index (χ0n) is 8.61. The SMILES string of the molecule is CC1=c2[nH]c(=S)n(C)c2=NC2=NCCN21. The normalized spacial score (nSPS) is 18.4. The molecular formula is C9H11N5S. The fourth-order valence-corrected chi connectivity index (χ4v) is 2.16. The van der Waals surface area contributed by atoms with Gasteiger partial charge in [0.05, 0.1) is 6.54 Å². The molecule has 5 nitrogen and oxygen atoms in total. The summed E-state index contributed by atoms with van der Waals surface area (Å²) < 4.78 is 2.58. The number of nitrogens with zero attached hydrogens (tertiary/aromatic N) is 4. The smallest absolute Gasteiger partial charge is 0.227 e. The van der Waals surface area contributed by atoms with E-state index in [2.05, 4.69) is 26.8 Å². The van der Waals surface area contributed by atoms with Gasteiger partial charge in [0.1, 0.15) is 5.35 Å². The molecule has 1 aromatic rings. The molecule has 0 spiro atoms. The molecular weight excluding hydrogens is 210 g/mol. The lowest BCUT2D eigenvalue weighted by Gasteiger charge is -2.19. The van der Waals surface area contributed by atoms with Crippen molar-refractivity contribution in [3.8, 4) is 0 Å². The van der Waals surface area contributed by atoms with E-state index in [4.69, 9.17) is 12.2 Å². The summed E-state index contributed by atoms with van der Waals surface area (Å²) in [5, 5.41) is 1.02. The van der Waals surface area contributed by atoms with Gasteiger partial charge >= 0.3 is 0 Å². The number of hydrogen-bond acceptors (Lipinski definition) is 4. The Morgan fingerprint density at radius 2 is 2.27 bits per heavy atom. The molecule has 3 rings (SSSR count). The molecule has 2 aliphatic heterocycles. The average molecular weight is 221 g/mol. The maximum atomic E-state index is 5.18. The van der Waals surface area contributed by atoms with Crippen molar-refractivity contribution in [2.75, 3.05) is 13.1 Å². The molecule has 1 aromatic heterocycles. The van der Waals surface area contributed by atoms with Gasteiger partial charge in [-0.25, -0.2) is 4.99 Å². The van der Waals surface area contributed by atoms with Gasteiger partial charge in [-0.05, 0) is 19.1 Å². The molecule has 0 atom stereocenters. The zero-order chi connectivity index (χ0) is 10.6. The van der Waals surface area contributed by atoms with Crippen LogP contribution in [0.2, 0.25) is 0 Å². The molecule has 3 heterocycles. The van der Waals surface area contributed by atoms with Crippen molar-refractivity contribution in [3.05, 3.63) is 15.6 Å². The van der Waals surface area contributed by atoms with Crippen molar-refractivity contribution in [1.29, 1.82) is 0 Å². The van der Waals surface area contributed by atoms with Crippen LogP contribution in [0.1, 0.15) is 6.92 Å². The van der Waals surface area contributed by atoms with Crippen LogP contribution >= 0.6 is 12.2 Å². The van der Waals surface area contributed by atoms with Crippen LogP contribution in [0.25, 0.3) is 5.70 Å². The van der Waals surface area contributed by atoms with E-state index in [1.54, 1.807) is 0 Å². The van der Waals surface area contributed by atoms with E-state index < -0.39 is 0 Å². The minimum atomic E-state index is 0.699. The van der Waals surface area contributed by atoms with Gasteiger partial charge < -0.3 is 14.5 Å². The molecule has 15 heavy (non-hydrogen) atoms. The molecule has 0 saturated heterocycles. The predicted octanol–water partition coefficient (Wildman–Crippen LogP) is -0.484. The summed E-state index contributed by atoms with van der Waals surface area (Å²) in [4.78, 5) is 14.1. The molecule has 0 amide bonds. The highest BCUT2D eigenvalue weighted by Crippen LogP contribution is 2.11. The second-order valence-corrected chi connectivity index (χ2v) is 4.11. The third kappa shape index (κ3) is 1.05. The fraction of sp³-hybridized carbons (Fsp3) is 0.444. The maximum absolute atomic E-state index is 5.18. The lowest BCUT2D eigenvalue weighted by molar-refractivity contribution is 0.607. The number of H-pyrrole nitrogens is 1. The van der Waals surface area contributed by atoms with Crippen LogP contribution in [0.3, 0.4) is 0 Å². The molecule has 0 aliphatic carbocycles. The molecule has 6 heteroatoms. The van der Waals surface area contributed by atoms with E-state index in [0.717, 1.165) is 35.6 Å². The first kappa shape index (κ1) is 8.84. The fourth-order valence-electron chi connectivity index (χ4n) is 1.97. The molecule has 0 radical (unpaired) electrons. The molecule has 2 aliphatic rings. The zero-order valence-corrected chi connectivity index (χ0v) is 9.43. The van der Waals surface area contributed by atoms with Gasteiger partial charge in [-0.3, -0.25) is 0 Å². The van der Waals surface area contributed by atoms with Gasteiger partial charge in [-0.2, -0.15) is 4.99 Å². The summed E-state index contributed by atoms with van der Waals surface area (Å²) in [7, 11) is 1.92. The van der Waals surface area contributed by atoms with Crippen molar-refractivity contribution in [1.82, 2.24) is 14.5 Å². The van der Waals surface area contributed by atoms with Crippen molar-refractivity contribution in [3.63, 3.8) is 0 Å². The summed E-state index contributed by atoms with van der Waals surface area (Å²) in [6.45, 7) is 3.81. The van der Waals surface area contributed by atoms with E-state index in [0.29, 0.717) is 4.77 Å². The quantitative estimate of drug-likeness (QED) is 0.601. The number of aromatic nitrogens is 2. The third-order valence-electron chi connectivity index (χ3n) is 2.87. The number of fused-ring (bicyclic) bond motifs is 2. The number of rotatable bonds is 0. The molecule has 0 unspecified atom stereocenters. The first-order chi connectivity index (χ1) is 7.18. The Morgan fingerprint density at radius 3 is 3.07 bits per heavy atom. The summed E-state index contributed by atoms with van der Waals surface area (Å²) in [6.07, 6.45) is 0. The van der Waals surface area contributed by atoms with Crippen molar-refractivity contribution in [2.45, 2.75) is 6.92 Å². The number of guanidine groups is 1. The Balaban J connectivity index is 2.49. The second-order valence-electron chi connectivity index (χ2n) is 3.72. The lowest BCUT2D eigenvalue weighted by Crippen LogP contribution is -2.43. The van der Waals surface area contributed by atoms with Crippen LogP contribution in [0.4, 0.5) is 0 Å². The Hall–Kier alpha value is -1.43. The Labute approximate surface area is 91.5 Å². The van der Waals surface area contributed by atoms with E-state index in [9.17, 15) is 0 Å². The molecule has 0 aromatic carbocycles. The van der Waals surface area contributed by atoms with Gasteiger partial charge in [0.15, 0.2) is 10.3 Å². The van der Waals surface area contributed by atoms with E-state index in [1.807, 2.05) is 11.6 Å². The highest BCUT2D eigenvalue weighted by molar-refractivity contribution is 7.71. The molecule has 0 bridgehead atoms. The Bertz CT molecular complexity index is 632. The van der Waals surface area contributed by atoms with E-state index in [-0.39, 0.29) is 0 Å². The molecule has 0 saturated carbocycles. The van der Waals surface area contributed by atoms with E-state index in [1.165, 1.54) is 0 Å². The third-order valence-corrected chi connectivity index (χ3v) is 3.24. The summed E-state index contributed by atoms with van der Waals surface area (Å²) in [6, 6.07) is 0. The first-order valence-electron chi connectivity index (χ1n) is 4.85. The highest BCUT2D eigenvalue weighted by Gasteiger charge is 2.22. The number of hydrogen-bond donors (Lipinski definition) is 1. The standard InChI is InChI=1S/C9H11N5S/c1-5-6-7(13(2)9(15)11-6)12-8-10-3-4-14(5)8/h3-4H2,1-2H3,(H,11,15). The lowest BCUT2D eigenvalue weighted by atomic mass is 10.3.